The van der Waals surface area contributed by atoms with Crippen LogP contribution in [0.1, 0.15) is 97.9 Å². The van der Waals surface area contributed by atoms with Crippen LogP contribution in [0.3, 0.4) is 0 Å². The molecule has 1 N–H and O–H groups in total. The lowest BCUT2D eigenvalue weighted by molar-refractivity contribution is 0.0250. The lowest BCUT2D eigenvalue weighted by Gasteiger charge is -2.37. The molecule has 2 unspecified atom stereocenters. The Morgan fingerprint density at radius 3 is 2.48 bits per heavy atom. The Hall–Kier alpha value is -2.14. The van der Waals surface area contributed by atoms with Crippen LogP contribution in [-0.4, -0.2) is 27.0 Å². The second-order valence-electron chi connectivity index (χ2n) is 9.69. The fourth-order valence-electron chi connectivity index (χ4n) is 5.61. The third-order valence-corrected chi connectivity index (χ3v) is 7.36. The molecule has 2 aliphatic rings. The van der Waals surface area contributed by atoms with Crippen molar-refractivity contribution >= 4 is 5.78 Å². The summed E-state index contributed by atoms with van der Waals surface area (Å²) in [5.41, 5.74) is 2.86. The van der Waals surface area contributed by atoms with E-state index in [2.05, 4.69) is 23.8 Å². The number of halogens is 1. The molecule has 2 saturated carbocycles. The fraction of sp³-hybridized carbons (Fsp3) is 0.577. The normalized spacial score (nSPS) is 27.2. The zero-order valence-electron chi connectivity index (χ0n) is 18.6. The summed E-state index contributed by atoms with van der Waals surface area (Å²) in [7, 11) is 0. The van der Waals surface area contributed by atoms with E-state index in [-0.39, 0.29) is 41.9 Å². The number of carbonyl (C=O) groups excluding carboxylic acids is 1. The van der Waals surface area contributed by atoms with Crippen molar-refractivity contribution in [3.05, 3.63) is 58.9 Å². The van der Waals surface area contributed by atoms with Crippen molar-refractivity contribution < 1.29 is 14.3 Å². The summed E-state index contributed by atoms with van der Waals surface area (Å²) in [6.45, 7) is 4.18. The lowest BCUT2D eigenvalue weighted by Crippen LogP contribution is -2.33. The molecular formula is C26H33FN2O2. The summed E-state index contributed by atoms with van der Waals surface area (Å²) in [6.07, 6.45) is 10.6. The second kappa shape index (κ2) is 9.56. The van der Waals surface area contributed by atoms with Gasteiger partial charge in [0, 0.05) is 24.7 Å². The van der Waals surface area contributed by atoms with Gasteiger partial charge in [-0.15, -0.1) is 0 Å². The molecule has 2 fully saturated rings. The molecule has 2 aliphatic carbocycles. The van der Waals surface area contributed by atoms with Crippen molar-refractivity contribution in [3.8, 4) is 0 Å². The number of aliphatic hydroxyl groups excluding tert-OH is 1. The van der Waals surface area contributed by atoms with Crippen LogP contribution < -0.4 is 0 Å². The van der Waals surface area contributed by atoms with Crippen molar-refractivity contribution in [1.82, 2.24) is 9.97 Å². The van der Waals surface area contributed by atoms with E-state index >= 15 is 0 Å². The molecule has 166 valence electrons. The quantitative estimate of drug-likeness (QED) is 0.635. The summed E-state index contributed by atoms with van der Waals surface area (Å²) < 4.78 is 14.5. The van der Waals surface area contributed by atoms with Gasteiger partial charge in [-0.3, -0.25) is 9.78 Å². The Morgan fingerprint density at radius 1 is 1.06 bits per heavy atom. The highest BCUT2D eigenvalue weighted by Gasteiger charge is 2.33. The van der Waals surface area contributed by atoms with E-state index in [1.807, 2.05) is 6.07 Å². The van der Waals surface area contributed by atoms with Crippen LogP contribution in [0.25, 0.3) is 0 Å². The van der Waals surface area contributed by atoms with Gasteiger partial charge >= 0.3 is 0 Å². The van der Waals surface area contributed by atoms with Crippen LogP contribution in [0.2, 0.25) is 0 Å². The molecule has 0 aliphatic heterocycles. The standard InChI is InChI=1S/C26H33FN2O2/c1-16-12-19(13-17(2)26(16)31)21-10-11-28-15-20(21)14-24(30)23-9-8-22(27)25(29-23)18-6-4-3-5-7-18/h8-11,15-19,26,31H,3-7,12-14H2,1-2H3/t16-,17+,19?,26?. The van der Waals surface area contributed by atoms with Crippen molar-refractivity contribution in [2.75, 3.05) is 0 Å². The van der Waals surface area contributed by atoms with Gasteiger partial charge in [0.15, 0.2) is 5.78 Å². The maximum Gasteiger partial charge on any atom is 0.185 e. The summed E-state index contributed by atoms with van der Waals surface area (Å²) in [4.78, 5) is 21.9. The minimum atomic E-state index is -0.297. The average Bonchev–Trinajstić information content (AvgIpc) is 2.78. The van der Waals surface area contributed by atoms with Gasteiger partial charge in [-0.1, -0.05) is 33.1 Å². The monoisotopic (exact) mass is 424 g/mol. The van der Waals surface area contributed by atoms with Crippen molar-refractivity contribution in [2.45, 2.75) is 83.2 Å². The number of pyridine rings is 2. The molecule has 0 bridgehead atoms. The zero-order chi connectivity index (χ0) is 22.0. The van der Waals surface area contributed by atoms with Crippen LogP contribution in [0, 0.1) is 17.7 Å². The molecule has 0 spiro atoms. The molecule has 2 heterocycles. The van der Waals surface area contributed by atoms with E-state index in [1.54, 1.807) is 12.4 Å². The maximum absolute atomic E-state index is 14.5. The molecule has 0 saturated heterocycles. The Bertz CT molecular complexity index is 913. The number of carbonyl (C=O) groups is 1. The van der Waals surface area contributed by atoms with E-state index < -0.39 is 0 Å². The first-order valence-electron chi connectivity index (χ1n) is 11.7. The summed E-state index contributed by atoms with van der Waals surface area (Å²) in [6, 6.07) is 4.93. The number of rotatable bonds is 5. The molecule has 5 heteroatoms. The summed E-state index contributed by atoms with van der Waals surface area (Å²) in [5, 5.41) is 10.3. The van der Waals surface area contributed by atoms with Crippen molar-refractivity contribution in [2.24, 2.45) is 11.8 Å². The molecule has 0 amide bonds. The second-order valence-corrected chi connectivity index (χ2v) is 9.69. The number of hydrogen-bond acceptors (Lipinski definition) is 4. The van der Waals surface area contributed by atoms with Gasteiger partial charge in [0.1, 0.15) is 11.5 Å². The van der Waals surface area contributed by atoms with E-state index in [9.17, 15) is 14.3 Å². The van der Waals surface area contributed by atoms with Gasteiger partial charge in [0.2, 0.25) is 0 Å². The van der Waals surface area contributed by atoms with E-state index in [1.165, 1.54) is 18.6 Å². The number of aromatic nitrogens is 2. The van der Waals surface area contributed by atoms with Crippen LogP contribution in [-0.2, 0) is 6.42 Å². The van der Waals surface area contributed by atoms with Crippen molar-refractivity contribution in [1.29, 1.82) is 0 Å². The molecule has 4 rings (SSSR count). The van der Waals surface area contributed by atoms with Gasteiger partial charge in [0.05, 0.1) is 11.8 Å². The number of aliphatic hydroxyl groups is 1. The van der Waals surface area contributed by atoms with Gasteiger partial charge in [0.25, 0.3) is 0 Å². The highest BCUT2D eigenvalue weighted by atomic mass is 19.1. The Labute approximate surface area is 184 Å². The smallest absolute Gasteiger partial charge is 0.185 e. The number of nitrogens with zero attached hydrogens (tertiary/aromatic N) is 2. The summed E-state index contributed by atoms with van der Waals surface area (Å²) >= 11 is 0. The topological polar surface area (TPSA) is 63.1 Å². The Morgan fingerprint density at radius 2 is 1.77 bits per heavy atom. The zero-order valence-corrected chi connectivity index (χ0v) is 18.6. The predicted octanol–water partition coefficient (Wildman–Crippen LogP) is 5.60. The highest BCUT2D eigenvalue weighted by molar-refractivity contribution is 5.96. The first kappa shape index (κ1) is 22.1. The SMILES string of the molecule is C[C@@H]1CC(c2ccncc2CC(=O)c2ccc(F)c(C3CCCCC3)n2)C[C@H](C)C1O. The van der Waals surface area contributed by atoms with Crippen LogP contribution in [0.5, 0.6) is 0 Å². The van der Waals surface area contributed by atoms with Gasteiger partial charge < -0.3 is 5.11 Å². The Kier molecular flexibility index (Phi) is 6.80. The van der Waals surface area contributed by atoms with Gasteiger partial charge in [-0.05, 0) is 72.8 Å². The minimum absolute atomic E-state index is 0.0942. The number of hydrogen-bond donors (Lipinski definition) is 1. The molecule has 2 aromatic rings. The lowest BCUT2D eigenvalue weighted by atomic mass is 9.71. The predicted molar refractivity (Wildman–Crippen MR) is 119 cm³/mol. The Balaban J connectivity index is 1.54. The third kappa shape index (κ3) is 4.87. The molecule has 4 atom stereocenters. The van der Waals surface area contributed by atoms with Crippen LogP contribution in [0.4, 0.5) is 4.39 Å². The van der Waals surface area contributed by atoms with Gasteiger partial charge in [-0.2, -0.15) is 0 Å². The first-order chi connectivity index (χ1) is 14.9. The third-order valence-electron chi connectivity index (χ3n) is 7.36. The van der Waals surface area contributed by atoms with Crippen LogP contribution in [0.15, 0.2) is 30.6 Å². The summed E-state index contributed by atoms with van der Waals surface area (Å²) in [5.74, 6) is 0.479. The molecular weight excluding hydrogens is 391 g/mol. The molecule has 2 aromatic heterocycles. The largest absolute Gasteiger partial charge is 0.393 e. The van der Waals surface area contributed by atoms with E-state index in [0.29, 0.717) is 17.3 Å². The van der Waals surface area contributed by atoms with Crippen LogP contribution >= 0.6 is 0 Å². The number of ketones is 1. The maximum atomic E-state index is 14.5. The molecule has 0 aromatic carbocycles. The molecule has 31 heavy (non-hydrogen) atoms. The number of Topliss-reactive ketones (excluding diaryl/α,β-unsaturated/α-hetero) is 1. The fourth-order valence-corrected chi connectivity index (χ4v) is 5.61. The molecule has 0 radical (unpaired) electrons. The average molecular weight is 425 g/mol. The minimum Gasteiger partial charge on any atom is -0.393 e. The first-order valence-corrected chi connectivity index (χ1v) is 11.7. The molecule has 4 nitrogen and oxygen atoms in total. The van der Waals surface area contributed by atoms with E-state index in [4.69, 9.17) is 0 Å². The van der Waals surface area contributed by atoms with Crippen molar-refractivity contribution in [3.63, 3.8) is 0 Å². The highest BCUT2D eigenvalue weighted by Crippen LogP contribution is 2.40. The van der Waals surface area contributed by atoms with E-state index in [0.717, 1.165) is 49.7 Å². The van der Waals surface area contributed by atoms with Gasteiger partial charge in [-0.25, -0.2) is 9.37 Å².